The second-order valence-electron chi connectivity index (χ2n) is 7.69. The van der Waals surface area contributed by atoms with E-state index < -0.39 is 0 Å². The third-order valence-electron chi connectivity index (χ3n) is 5.79. The summed E-state index contributed by atoms with van der Waals surface area (Å²) in [6, 6.07) is 22.5. The Balaban J connectivity index is 1.49. The van der Waals surface area contributed by atoms with Crippen molar-refractivity contribution in [1.29, 1.82) is 0 Å². The molecule has 0 spiro atoms. The molecule has 0 saturated heterocycles. The van der Waals surface area contributed by atoms with Crippen molar-refractivity contribution in [1.82, 2.24) is 30.1 Å². The largest absolute Gasteiger partial charge is 0.497 e. The third-order valence-corrected chi connectivity index (χ3v) is 5.79. The van der Waals surface area contributed by atoms with Gasteiger partial charge in [0.25, 0.3) is 0 Å². The Bertz CT molecular complexity index is 1140. The molecule has 0 radical (unpaired) electrons. The number of aromatic nitrogens is 5. The molecule has 0 unspecified atom stereocenters. The van der Waals surface area contributed by atoms with E-state index in [1.807, 2.05) is 47.3 Å². The Kier molecular flexibility index (Phi) is 5.41. The Morgan fingerprint density at radius 1 is 0.968 bits per heavy atom. The number of methoxy groups -OCH3 is 1. The van der Waals surface area contributed by atoms with E-state index >= 15 is 0 Å². The molecule has 2 aromatic carbocycles. The molecule has 0 aliphatic carbocycles. The molecule has 0 bridgehead atoms. The maximum Gasteiger partial charge on any atom is 0.175 e. The minimum absolute atomic E-state index is 0.122. The molecule has 0 amide bonds. The van der Waals surface area contributed by atoms with Crippen LogP contribution < -0.4 is 4.74 Å². The number of benzene rings is 2. The molecule has 7 nitrogen and oxygen atoms in total. The number of rotatable bonds is 6. The first-order valence-corrected chi connectivity index (χ1v) is 10.4. The molecule has 7 heteroatoms. The summed E-state index contributed by atoms with van der Waals surface area (Å²) in [5.41, 5.74) is 4.82. The summed E-state index contributed by atoms with van der Waals surface area (Å²) < 4.78 is 7.15. The van der Waals surface area contributed by atoms with E-state index in [4.69, 9.17) is 4.74 Å². The van der Waals surface area contributed by atoms with Crippen molar-refractivity contribution in [2.45, 2.75) is 25.6 Å². The van der Waals surface area contributed by atoms with Gasteiger partial charge in [0.2, 0.25) is 0 Å². The normalized spacial score (nSPS) is 14.7. The number of tetrazole rings is 1. The van der Waals surface area contributed by atoms with Crippen LogP contribution in [0.1, 0.15) is 34.3 Å². The third kappa shape index (κ3) is 4.04. The van der Waals surface area contributed by atoms with E-state index in [1.54, 1.807) is 7.11 Å². The van der Waals surface area contributed by atoms with Crippen molar-refractivity contribution in [3.05, 3.63) is 101 Å². The SMILES string of the molecule is COc1ccc(Cn2nnnc2[C@H](c2ccccn2)N2CCc3ccccc3C2)cc1. The van der Waals surface area contributed by atoms with Gasteiger partial charge in [0, 0.05) is 19.3 Å². The summed E-state index contributed by atoms with van der Waals surface area (Å²) in [6.45, 7) is 2.35. The maximum absolute atomic E-state index is 5.27. The van der Waals surface area contributed by atoms with E-state index in [-0.39, 0.29) is 6.04 Å². The van der Waals surface area contributed by atoms with Gasteiger partial charge in [-0.25, -0.2) is 4.68 Å². The lowest BCUT2D eigenvalue weighted by Crippen LogP contribution is -2.36. The molecule has 156 valence electrons. The number of ether oxygens (including phenoxy) is 1. The van der Waals surface area contributed by atoms with E-state index in [0.29, 0.717) is 6.54 Å². The van der Waals surface area contributed by atoms with Crippen molar-refractivity contribution < 1.29 is 4.74 Å². The van der Waals surface area contributed by atoms with Crippen LogP contribution in [0.5, 0.6) is 5.75 Å². The molecule has 1 atom stereocenters. The number of pyridine rings is 1. The van der Waals surface area contributed by atoms with Gasteiger partial charge in [0.1, 0.15) is 11.8 Å². The quantitative estimate of drug-likeness (QED) is 0.484. The fourth-order valence-corrected chi connectivity index (χ4v) is 4.18. The summed E-state index contributed by atoms with van der Waals surface area (Å²) in [5.74, 6) is 1.63. The van der Waals surface area contributed by atoms with Crippen LogP contribution in [0.3, 0.4) is 0 Å². The standard InChI is InChI=1S/C24H24N6O/c1-31-21-11-9-18(10-12-21)16-30-24(26-27-28-30)23(22-8-4-5-14-25-22)29-15-13-19-6-2-3-7-20(19)17-29/h2-12,14,23H,13,15-17H2,1H3/t23-/m0/s1. The van der Waals surface area contributed by atoms with Crippen molar-refractivity contribution in [2.75, 3.05) is 13.7 Å². The van der Waals surface area contributed by atoms with Crippen molar-refractivity contribution in [3.8, 4) is 5.75 Å². The van der Waals surface area contributed by atoms with Crippen LogP contribution in [0.15, 0.2) is 72.9 Å². The topological polar surface area (TPSA) is 69.0 Å². The highest BCUT2D eigenvalue weighted by Crippen LogP contribution is 2.31. The molecule has 0 N–H and O–H groups in total. The van der Waals surface area contributed by atoms with Gasteiger partial charge in [-0.05, 0) is 57.8 Å². The first kappa shape index (κ1) is 19.4. The minimum atomic E-state index is -0.122. The van der Waals surface area contributed by atoms with Crippen LogP contribution in [0.2, 0.25) is 0 Å². The summed E-state index contributed by atoms with van der Waals surface area (Å²) >= 11 is 0. The maximum atomic E-state index is 5.27. The van der Waals surface area contributed by atoms with Gasteiger partial charge in [-0.15, -0.1) is 5.10 Å². The first-order chi connectivity index (χ1) is 15.3. The zero-order chi connectivity index (χ0) is 21.0. The molecule has 4 aromatic rings. The molecule has 2 aromatic heterocycles. The predicted molar refractivity (Wildman–Crippen MR) is 117 cm³/mol. The number of hydrogen-bond donors (Lipinski definition) is 0. The average Bonchev–Trinajstić information content (AvgIpc) is 3.28. The lowest BCUT2D eigenvalue weighted by Gasteiger charge is -2.34. The molecular weight excluding hydrogens is 388 g/mol. The molecule has 1 aliphatic heterocycles. The number of nitrogens with zero attached hydrogens (tertiary/aromatic N) is 6. The predicted octanol–water partition coefficient (Wildman–Crippen LogP) is 3.27. The van der Waals surface area contributed by atoms with Gasteiger partial charge in [0.15, 0.2) is 5.82 Å². The fraction of sp³-hybridized carbons (Fsp3) is 0.250. The number of fused-ring (bicyclic) bond motifs is 1. The van der Waals surface area contributed by atoms with Gasteiger partial charge in [0.05, 0.1) is 19.3 Å². The molecule has 1 aliphatic rings. The summed E-state index contributed by atoms with van der Waals surface area (Å²) in [6.07, 6.45) is 2.83. The van der Waals surface area contributed by atoms with Crippen LogP contribution in [-0.4, -0.2) is 43.7 Å². The van der Waals surface area contributed by atoms with Crippen LogP contribution in [0, 0.1) is 0 Å². The van der Waals surface area contributed by atoms with Gasteiger partial charge in [-0.1, -0.05) is 42.5 Å². The summed E-state index contributed by atoms with van der Waals surface area (Å²) in [7, 11) is 1.67. The summed E-state index contributed by atoms with van der Waals surface area (Å²) in [4.78, 5) is 7.09. The van der Waals surface area contributed by atoms with E-state index in [0.717, 1.165) is 42.3 Å². The minimum Gasteiger partial charge on any atom is -0.497 e. The van der Waals surface area contributed by atoms with E-state index in [1.165, 1.54) is 11.1 Å². The zero-order valence-electron chi connectivity index (χ0n) is 17.4. The van der Waals surface area contributed by atoms with E-state index in [2.05, 4.69) is 55.7 Å². The van der Waals surface area contributed by atoms with Crippen molar-refractivity contribution in [3.63, 3.8) is 0 Å². The summed E-state index contributed by atoms with van der Waals surface area (Å²) in [5, 5.41) is 12.8. The Morgan fingerprint density at radius 2 is 1.77 bits per heavy atom. The zero-order valence-corrected chi connectivity index (χ0v) is 17.4. The highest BCUT2D eigenvalue weighted by molar-refractivity contribution is 5.31. The van der Waals surface area contributed by atoms with Crippen LogP contribution in [0.4, 0.5) is 0 Å². The first-order valence-electron chi connectivity index (χ1n) is 10.4. The molecule has 0 saturated carbocycles. The van der Waals surface area contributed by atoms with Crippen LogP contribution in [-0.2, 0) is 19.5 Å². The lowest BCUT2D eigenvalue weighted by molar-refractivity contribution is 0.192. The highest BCUT2D eigenvalue weighted by atomic mass is 16.5. The van der Waals surface area contributed by atoms with Gasteiger partial charge < -0.3 is 4.74 Å². The Morgan fingerprint density at radius 3 is 2.55 bits per heavy atom. The van der Waals surface area contributed by atoms with E-state index in [9.17, 15) is 0 Å². The van der Waals surface area contributed by atoms with Crippen molar-refractivity contribution >= 4 is 0 Å². The second kappa shape index (κ2) is 8.65. The van der Waals surface area contributed by atoms with Crippen LogP contribution in [0.25, 0.3) is 0 Å². The lowest BCUT2D eigenvalue weighted by atomic mass is 9.97. The average molecular weight is 412 g/mol. The van der Waals surface area contributed by atoms with Crippen molar-refractivity contribution in [2.24, 2.45) is 0 Å². The Labute approximate surface area is 181 Å². The smallest absolute Gasteiger partial charge is 0.175 e. The molecule has 3 heterocycles. The second-order valence-corrected chi connectivity index (χ2v) is 7.69. The monoisotopic (exact) mass is 412 g/mol. The fourth-order valence-electron chi connectivity index (χ4n) is 4.18. The molecular formula is C24H24N6O. The molecule has 0 fully saturated rings. The van der Waals surface area contributed by atoms with Gasteiger partial charge in [-0.3, -0.25) is 9.88 Å². The number of hydrogen-bond acceptors (Lipinski definition) is 6. The van der Waals surface area contributed by atoms with Gasteiger partial charge >= 0.3 is 0 Å². The molecule has 5 rings (SSSR count). The Hall–Kier alpha value is -3.58. The van der Waals surface area contributed by atoms with Gasteiger partial charge in [-0.2, -0.15) is 0 Å². The highest BCUT2D eigenvalue weighted by Gasteiger charge is 2.31. The van der Waals surface area contributed by atoms with Crippen LogP contribution >= 0.6 is 0 Å². The molecule has 31 heavy (non-hydrogen) atoms.